The molecule has 3 unspecified atom stereocenters. The predicted octanol–water partition coefficient (Wildman–Crippen LogP) is 2.95. The lowest BCUT2D eigenvalue weighted by atomic mass is 9.92. The Hall–Kier alpha value is -0.940. The summed E-state index contributed by atoms with van der Waals surface area (Å²) in [5, 5.41) is 27.0. The van der Waals surface area contributed by atoms with E-state index in [0.717, 1.165) is 50.6 Å². The lowest BCUT2D eigenvalue weighted by molar-refractivity contribution is -0.150. The molecule has 3 saturated heterocycles. The van der Waals surface area contributed by atoms with Gasteiger partial charge in [-0.15, -0.1) is 23.4 Å². The number of thioether (sulfide) groups is 1. The summed E-state index contributed by atoms with van der Waals surface area (Å²) < 4.78 is 25.1. The number of fused-ring (bicyclic) bond motifs is 1. The standard InChI is InChI=1S/C26H38ClFN2O5S/c1-15(27)20(22-21(31)23-26(33,35-23)25(34-22)36-2)30-24(32)19-12-11-16(13-14-29-19)7-3-4-8-17-9-5-6-10-18(17)28/h5-6,9-10,15-16,19-23,25,29,31,33H,3-4,7-8,11-14H2,1-2H3,(H,30,32)/t15-,16-,19-,20+,21?,22+,23?,25?,26-/m0/s1. The topological polar surface area (TPSA) is 103 Å². The van der Waals surface area contributed by atoms with Gasteiger partial charge in [-0.1, -0.05) is 31.0 Å². The Balaban J connectivity index is 1.25. The van der Waals surface area contributed by atoms with E-state index < -0.39 is 41.0 Å². The second kappa shape index (κ2) is 12.3. The van der Waals surface area contributed by atoms with Crippen molar-refractivity contribution in [2.45, 2.75) is 98.9 Å². The highest BCUT2D eigenvalue weighted by molar-refractivity contribution is 7.99. The third-order valence-electron chi connectivity index (χ3n) is 7.69. The van der Waals surface area contributed by atoms with E-state index in [1.165, 1.54) is 17.8 Å². The number of nitrogens with one attached hydrogen (secondary N) is 2. The zero-order chi connectivity index (χ0) is 25.9. The van der Waals surface area contributed by atoms with Gasteiger partial charge in [0.25, 0.3) is 0 Å². The molecule has 0 radical (unpaired) electrons. The highest BCUT2D eigenvalue weighted by atomic mass is 35.5. The number of amides is 1. The number of carbonyl (C=O) groups excluding carboxylic acids is 1. The van der Waals surface area contributed by atoms with E-state index in [1.807, 2.05) is 12.1 Å². The molecule has 4 N–H and O–H groups in total. The fourth-order valence-corrected chi connectivity index (χ4v) is 6.46. The summed E-state index contributed by atoms with van der Waals surface area (Å²) in [5.41, 5.74) is 0.106. The van der Waals surface area contributed by atoms with Crippen molar-refractivity contribution >= 4 is 29.3 Å². The van der Waals surface area contributed by atoms with Crippen molar-refractivity contribution in [1.29, 1.82) is 0 Å². The summed E-state index contributed by atoms with van der Waals surface area (Å²) in [5.74, 6) is -1.27. The van der Waals surface area contributed by atoms with E-state index in [4.69, 9.17) is 21.1 Å². The molecule has 4 rings (SSSR count). The predicted molar refractivity (Wildman–Crippen MR) is 138 cm³/mol. The molecule has 0 spiro atoms. The quantitative estimate of drug-likeness (QED) is 0.204. The van der Waals surface area contributed by atoms with Crippen LogP contribution in [0.1, 0.15) is 51.0 Å². The summed E-state index contributed by atoms with van der Waals surface area (Å²) in [7, 11) is 0. The van der Waals surface area contributed by atoms with Gasteiger partial charge in [-0.2, -0.15) is 0 Å². The van der Waals surface area contributed by atoms with E-state index in [9.17, 15) is 19.4 Å². The number of unbranched alkanes of at least 4 members (excludes halogenated alkanes) is 1. The van der Waals surface area contributed by atoms with Crippen LogP contribution in [0.3, 0.4) is 0 Å². The first-order chi connectivity index (χ1) is 17.2. The van der Waals surface area contributed by atoms with Gasteiger partial charge in [0.15, 0.2) is 5.44 Å². The van der Waals surface area contributed by atoms with Gasteiger partial charge in [0.1, 0.15) is 24.1 Å². The van der Waals surface area contributed by atoms with E-state index in [2.05, 4.69) is 10.6 Å². The number of carbonyl (C=O) groups is 1. The average Bonchev–Trinajstić information content (AvgIpc) is 3.61. The molecule has 0 bridgehead atoms. The molecule has 0 aliphatic carbocycles. The van der Waals surface area contributed by atoms with Gasteiger partial charge in [0.2, 0.25) is 11.7 Å². The van der Waals surface area contributed by atoms with Gasteiger partial charge in [-0.3, -0.25) is 4.79 Å². The monoisotopic (exact) mass is 544 g/mol. The van der Waals surface area contributed by atoms with E-state index in [0.29, 0.717) is 12.3 Å². The fraction of sp³-hybridized carbons (Fsp3) is 0.731. The van der Waals surface area contributed by atoms with Gasteiger partial charge in [-0.05, 0) is 69.4 Å². The molecule has 0 saturated carbocycles. The number of halogens is 2. The highest BCUT2D eigenvalue weighted by Crippen LogP contribution is 2.50. The zero-order valence-electron chi connectivity index (χ0n) is 20.9. The number of ether oxygens (including phenoxy) is 2. The van der Waals surface area contributed by atoms with Crippen molar-refractivity contribution in [3.63, 3.8) is 0 Å². The third kappa shape index (κ3) is 6.37. The maximum absolute atomic E-state index is 13.8. The molecule has 3 heterocycles. The molecule has 0 aromatic heterocycles. The van der Waals surface area contributed by atoms with Crippen LogP contribution in [0.25, 0.3) is 0 Å². The van der Waals surface area contributed by atoms with Gasteiger partial charge in [0.05, 0.1) is 17.5 Å². The van der Waals surface area contributed by atoms with Crippen LogP contribution in [0.5, 0.6) is 0 Å². The molecule has 1 amide bonds. The van der Waals surface area contributed by atoms with E-state index in [-0.39, 0.29) is 17.8 Å². The Kier molecular flexibility index (Phi) is 9.58. The molecule has 3 fully saturated rings. The number of epoxide rings is 1. The number of rotatable bonds is 10. The Morgan fingerprint density at radius 3 is 2.83 bits per heavy atom. The second-order valence-corrected chi connectivity index (χ2v) is 11.8. The molecule has 3 aliphatic rings. The Morgan fingerprint density at radius 1 is 1.33 bits per heavy atom. The average molecular weight is 545 g/mol. The smallest absolute Gasteiger partial charge is 0.237 e. The minimum Gasteiger partial charge on any atom is -0.387 e. The first kappa shape index (κ1) is 28.1. The number of alkyl halides is 1. The SMILES string of the molecule is CSC1O[C@H]([C@H](NC(=O)[C@@H]2CC[C@H](CCCCc3ccccc3F)CCN2)[C@H](C)Cl)C(O)C2O[C@]12O. The maximum atomic E-state index is 13.8. The minimum absolute atomic E-state index is 0.134. The van der Waals surface area contributed by atoms with Crippen LogP contribution in [0, 0.1) is 11.7 Å². The maximum Gasteiger partial charge on any atom is 0.237 e. The van der Waals surface area contributed by atoms with E-state index in [1.54, 1.807) is 19.2 Å². The van der Waals surface area contributed by atoms with Gasteiger partial charge in [0, 0.05) is 0 Å². The molecule has 9 atom stereocenters. The number of aliphatic hydroxyl groups is 2. The zero-order valence-corrected chi connectivity index (χ0v) is 22.4. The van der Waals surface area contributed by atoms with Crippen LogP contribution in [-0.4, -0.2) is 75.9 Å². The van der Waals surface area contributed by atoms with Crippen molar-refractivity contribution in [3.05, 3.63) is 35.6 Å². The second-order valence-electron chi connectivity index (χ2n) is 10.2. The Labute approximate surface area is 221 Å². The molecule has 1 aromatic rings. The lowest BCUT2D eigenvalue weighted by Gasteiger charge is -2.39. The minimum atomic E-state index is -1.49. The van der Waals surface area contributed by atoms with Crippen molar-refractivity contribution in [1.82, 2.24) is 10.6 Å². The van der Waals surface area contributed by atoms with E-state index >= 15 is 0 Å². The largest absolute Gasteiger partial charge is 0.387 e. The number of aliphatic hydroxyl groups excluding tert-OH is 1. The van der Waals surface area contributed by atoms with Crippen molar-refractivity contribution in [2.75, 3.05) is 12.8 Å². The molecule has 7 nitrogen and oxygen atoms in total. The van der Waals surface area contributed by atoms with Crippen molar-refractivity contribution < 1.29 is 28.9 Å². The van der Waals surface area contributed by atoms with Crippen LogP contribution >= 0.6 is 23.4 Å². The van der Waals surface area contributed by atoms with Gasteiger partial charge in [-0.25, -0.2) is 4.39 Å². The highest BCUT2D eigenvalue weighted by Gasteiger charge is 2.70. The molecule has 3 aliphatic heterocycles. The Bertz CT molecular complexity index is 898. The molecule has 10 heteroatoms. The summed E-state index contributed by atoms with van der Waals surface area (Å²) in [6.45, 7) is 2.50. The first-order valence-corrected chi connectivity index (χ1v) is 14.6. The number of hydrogen-bond acceptors (Lipinski definition) is 7. The summed E-state index contributed by atoms with van der Waals surface area (Å²) >= 11 is 7.72. The van der Waals surface area contributed by atoms with Crippen LogP contribution in [0.2, 0.25) is 0 Å². The third-order valence-corrected chi connectivity index (χ3v) is 8.84. The molecule has 36 heavy (non-hydrogen) atoms. The normalized spacial score (nSPS) is 35.8. The molecular formula is C26H38ClFN2O5S. The Morgan fingerprint density at radius 2 is 2.11 bits per heavy atom. The number of hydrogen-bond donors (Lipinski definition) is 4. The molecule has 1 aromatic carbocycles. The molecule has 202 valence electrons. The summed E-state index contributed by atoms with van der Waals surface area (Å²) in [4.78, 5) is 13.2. The van der Waals surface area contributed by atoms with Gasteiger partial charge < -0.3 is 30.3 Å². The fourth-order valence-electron chi connectivity index (χ4n) is 5.48. The number of benzene rings is 1. The first-order valence-electron chi connectivity index (χ1n) is 12.9. The summed E-state index contributed by atoms with van der Waals surface area (Å²) in [6, 6.07) is 5.95. The van der Waals surface area contributed by atoms with Crippen LogP contribution in [-0.2, 0) is 20.7 Å². The van der Waals surface area contributed by atoms with Crippen LogP contribution in [0.4, 0.5) is 4.39 Å². The van der Waals surface area contributed by atoms with Crippen molar-refractivity contribution in [3.8, 4) is 0 Å². The van der Waals surface area contributed by atoms with Crippen LogP contribution in [0.15, 0.2) is 24.3 Å². The number of aryl methyl sites for hydroxylation is 1. The van der Waals surface area contributed by atoms with Gasteiger partial charge >= 0.3 is 0 Å². The van der Waals surface area contributed by atoms with Crippen LogP contribution < -0.4 is 10.6 Å². The van der Waals surface area contributed by atoms with Crippen molar-refractivity contribution in [2.24, 2.45) is 5.92 Å². The summed E-state index contributed by atoms with van der Waals surface area (Å²) in [6.07, 6.45) is 5.58. The lowest BCUT2D eigenvalue weighted by Crippen LogP contribution is -2.62. The molecular weight excluding hydrogens is 507 g/mol.